The summed E-state index contributed by atoms with van der Waals surface area (Å²) >= 11 is 0. The van der Waals surface area contributed by atoms with E-state index in [1.54, 1.807) is 0 Å². The van der Waals surface area contributed by atoms with Crippen LogP contribution in [0.5, 0.6) is 0 Å². The summed E-state index contributed by atoms with van der Waals surface area (Å²) in [6.07, 6.45) is 11.7. The molecule has 2 aliphatic rings. The highest BCUT2D eigenvalue weighted by Crippen LogP contribution is 2.30. The highest BCUT2D eigenvalue weighted by atomic mass is 14.9. The van der Waals surface area contributed by atoms with E-state index in [4.69, 9.17) is 0 Å². The molecule has 2 aliphatic carbocycles. The Hall–Kier alpha value is -0.0400. The number of rotatable bonds is 4. The van der Waals surface area contributed by atoms with Crippen LogP contribution in [0, 0.1) is 17.8 Å². The van der Waals surface area contributed by atoms with Gasteiger partial charge in [0.2, 0.25) is 0 Å². The molecular weight excluding hydrogens is 194 g/mol. The largest absolute Gasteiger partial charge is 0.314 e. The molecule has 3 atom stereocenters. The summed E-state index contributed by atoms with van der Waals surface area (Å²) in [4.78, 5) is 0. The van der Waals surface area contributed by atoms with Gasteiger partial charge in [-0.15, -0.1) is 0 Å². The second-order valence-corrected chi connectivity index (χ2v) is 6.38. The Morgan fingerprint density at radius 1 is 1.06 bits per heavy atom. The van der Waals surface area contributed by atoms with Gasteiger partial charge < -0.3 is 5.32 Å². The fraction of sp³-hybridized carbons (Fsp3) is 1.00. The van der Waals surface area contributed by atoms with Crippen LogP contribution in [0.25, 0.3) is 0 Å². The predicted molar refractivity (Wildman–Crippen MR) is 70.5 cm³/mol. The molecule has 16 heavy (non-hydrogen) atoms. The molecule has 0 aromatic heterocycles. The normalized spacial score (nSPS) is 34.1. The van der Waals surface area contributed by atoms with Crippen molar-refractivity contribution in [2.75, 3.05) is 6.54 Å². The van der Waals surface area contributed by atoms with Crippen LogP contribution >= 0.6 is 0 Å². The van der Waals surface area contributed by atoms with E-state index in [1.165, 1.54) is 57.9 Å². The minimum absolute atomic E-state index is 0.764. The van der Waals surface area contributed by atoms with Crippen LogP contribution in [0.3, 0.4) is 0 Å². The Morgan fingerprint density at radius 3 is 2.50 bits per heavy atom. The molecule has 0 aromatic carbocycles. The lowest BCUT2D eigenvalue weighted by molar-refractivity contribution is 0.256. The molecule has 0 bridgehead atoms. The minimum atomic E-state index is 0.764. The summed E-state index contributed by atoms with van der Waals surface area (Å²) < 4.78 is 0. The third-order valence-electron chi connectivity index (χ3n) is 4.88. The Bertz CT molecular complexity index is 194. The molecule has 1 heteroatoms. The Balaban J connectivity index is 1.65. The van der Waals surface area contributed by atoms with Crippen LogP contribution in [0.4, 0.5) is 0 Å². The molecule has 0 saturated heterocycles. The summed E-state index contributed by atoms with van der Waals surface area (Å²) in [7, 11) is 0. The molecule has 0 spiro atoms. The molecule has 2 saturated carbocycles. The first-order valence-electron chi connectivity index (χ1n) is 7.49. The van der Waals surface area contributed by atoms with Crippen LogP contribution < -0.4 is 5.32 Å². The van der Waals surface area contributed by atoms with E-state index in [-0.39, 0.29) is 0 Å². The molecule has 2 rings (SSSR count). The molecule has 94 valence electrons. The van der Waals surface area contributed by atoms with Crippen molar-refractivity contribution in [1.82, 2.24) is 5.32 Å². The van der Waals surface area contributed by atoms with Crippen LogP contribution in [-0.2, 0) is 0 Å². The van der Waals surface area contributed by atoms with Gasteiger partial charge in [0.05, 0.1) is 0 Å². The van der Waals surface area contributed by atoms with Gasteiger partial charge in [0.1, 0.15) is 0 Å². The van der Waals surface area contributed by atoms with E-state index in [1.807, 2.05) is 0 Å². The first-order chi connectivity index (χ1) is 7.75. The maximum absolute atomic E-state index is 3.81. The van der Waals surface area contributed by atoms with Crippen molar-refractivity contribution in [1.29, 1.82) is 0 Å². The fourth-order valence-corrected chi connectivity index (χ4v) is 3.72. The molecule has 0 aliphatic heterocycles. The van der Waals surface area contributed by atoms with Gasteiger partial charge in [-0.25, -0.2) is 0 Å². The summed E-state index contributed by atoms with van der Waals surface area (Å²) in [6, 6.07) is 0.764. The van der Waals surface area contributed by atoms with Gasteiger partial charge in [0.15, 0.2) is 0 Å². The molecule has 0 aromatic rings. The molecule has 1 N–H and O–H groups in total. The van der Waals surface area contributed by atoms with E-state index in [2.05, 4.69) is 19.2 Å². The van der Waals surface area contributed by atoms with Crippen molar-refractivity contribution in [3.63, 3.8) is 0 Å². The minimum Gasteiger partial charge on any atom is -0.314 e. The average molecular weight is 223 g/mol. The zero-order valence-electron chi connectivity index (χ0n) is 11.2. The summed E-state index contributed by atoms with van der Waals surface area (Å²) in [5.74, 6) is 2.91. The van der Waals surface area contributed by atoms with Gasteiger partial charge in [0, 0.05) is 6.04 Å². The molecule has 2 unspecified atom stereocenters. The second-order valence-electron chi connectivity index (χ2n) is 6.38. The number of hydrogen-bond donors (Lipinski definition) is 1. The van der Waals surface area contributed by atoms with Gasteiger partial charge in [-0.05, 0) is 56.9 Å². The van der Waals surface area contributed by atoms with Gasteiger partial charge in [0.25, 0.3) is 0 Å². The smallest absolute Gasteiger partial charge is 0.00671 e. The van der Waals surface area contributed by atoms with Gasteiger partial charge in [-0.2, -0.15) is 0 Å². The van der Waals surface area contributed by atoms with Crippen LogP contribution in [-0.4, -0.2) is 12.6 Å². The van der Waals surface area contributed by atoms with E-state index in [9.17, 15) is 0 Å². The lowest BCUT2D eigenvalue weighted by atomic mass is 9.82. The highest BCUT2D eigenvalue weighted by Gasteiger charge is 2.23. The Labute approximate surface area is 101 Å². The average Bonchev–Trinajstić information content (AvgIpc) is 2.79. The first kappa shape index (κ1) is 12.4. The van der Waals surface area contributed by atoms with Crippen molar-refractivity contribution >= 4 is 0 Å². The summed E-state index contributed by atoms with van der Waals surface area (Å²) in [6.45, 7) is 6.11. The van der Waals surface area contributed by atoms with E-state index < -0.39 is 0 Å². The highest BCUT2D eigenvalue weighted by molar-refractivity contribution is 4.79. The van der Waals surface area contributed by atoms with Crippen molar-refractivity contribution in [3.05, 3.63) is 0 Å². The molecule has 0 amide bonds. The van der Waals surface area contributed by atoms with Crippen molar-refractivity contribution in [3.8, 4) is 0 Å². The van der Waals surface area contributed by atoms with Crippen LogP contribution in [0.2, 0.25) is 0 Å². The number of nitrogens with one attached hydrogen (secondary N) is 1. The molecule has 2 fully saturated rings. The zero-order valence-corrected chi connectivity index (χ0v) is 11.2. The maximum Gasteiger partial charge on any atom is 0.00671 e. The Morgan fingerprint density at radius 2 is 1.81 bits per heavy atom. The lowest BCUT2D eigenvalue weighted by Gasteiger charge is -2.29. The van der Waals surface area contributed by atoms with Crippen molar-refractivity contribution in [2.45, 2.75) is 71.3 Å². The molecule has 0 radical (unpaired) electrons. The quantitative estimate of drug-likeness (QED) is 0.760. The van der Waals surface area contributed by atoms with E-state index in [0.29, 0.717) is 0 Å². The van der Waals surface area contributed by atoms with Crippen molar-refractivity contribution < 1.29 is 0 Å². The molecular formula is C15H29N. The SMILES string of the molecule is CC1CCCC(CN[C@@H](C)C2CCCC2)C1. The third kappa shape index (κ3) is 3.48. The Kier molecular flexibility index (Phi) is 4.69. The first-order valence-corrected chi connectivity index (χ1v) is 7.49. The predicted octanol–water partition coefficient (Wildman–Crippen LogP) is 3.98. The fourth-order valence-electron chi connectivity index (χ4n) is 3.72. The maximum atomic E-state index is 3.81. The van der Waals surface area contributed by atoms with Crippen LogP contribution in [0.15, 0.2) is 0 Å². The van der Waals surface area contributed by atoms with Gasteiger partial charge in [-0.3, -0.25) is 0 Å². The van der Waals surface area contributed by atoms with Crippen LogP contribution in [0.1, 0.15) is 65.2 Å². The topological polar surface area (TPSA) is 12.0 Å². The van der Waals surface area contributed by atoms with E-state index in [0.717, 1.165) is 23.8 Å². The van der Waals surface area contributed by atoms with E-state index >= 15 is 0 Å². The standard InChI is InChI=1S/C15H29N/c1-12-6-5-7-14(10-12)11-16-13(2)15-8-3-4-9-15/h12-16H,3-11H2,1-2H3/t12?,13-,14?/m0/s1. The van der Waals surface area contributed by atoms with Gasteiger partial charge >= 0.3 is 0 Å². The zero-order chi connectivity index (χ0) is 11.4. The van der Waals surface area contributed by atoms with Crippen molar-refractivity contribution in [2.24, 2.45) is 17.8 Å². The molecule has 0 heterocycles. The number of hydrogen-bond acceptors (Lipinski definition) is 1. The monoisotopic (exact) mass is 223 g/mol. The van der Waals surface area contributed by atoms with Gasteiger partial charge in [-0.1, -0.05) is 32.6 Å². The third-order valence-corrected chi connectivity index (χ3v) is 4.88. The summed E-state index contributed by atoms with van der Waals surface area (Å²) in [5, 5.41) is 3.81. The second kappa shape index (κ2) is 6.05. The summed E-state index contributed by atoms with van der Waals surface area (Å²) in [5.41, 5.74) is 0. The molecule has 1 nitrogen and oxygen atoms in total. The lowest BCUT2D eigenvalue weighted by Crippen LogP contribution is -2.37.